The molecule has 3 N–H and O–H groups in total. The zero-order valence-electron chi connectivity index (χ0n) is 42.0. The summed E-state index contributed by atoms with van der Waals surface area (Å²) in [6.07, 6.45) is 4.82. The van der Waals surface area contributed by atoms with Gasteiger partial charge in [0, 0.05) is 86.6 Å². The zero-order valence-corrected chi connectivity index (χ0v) is 42.0. The Hall–Kier alpha value is -8.15. The summed E-state index contributed by atoms with van der Waals surface area (Å²) in [4.78, 5) is 99.5. The van der Waals surface area contributed by atoms with Gasteiger partial charge < -0.3 is 35.2 Å². The standard InChI is InChI=1S/2C18H20N4O2.C16H18N4O2/c1-10-13(9-19-11(2)20-10)16(23)21-12-6-7-14-15(8-12)22(5)17(24)18(14,3)4;1-10-8-14(20-11(2)19-10)16(23)21-12-6-7-13-15(9-12)22(5)17(24)18(13,3)4;1-16(2)11-6-5-10(9-12(11)20(4)15(16)22)18-14(21)13-17-7-8-19(13)3/h2*6-9H,1-5H3,(H,21,23);5-9H,1-4H3,(H,18,21). The fourth-order valence-electron chi connectivity index (χ4n) is 8.98. The summed E-state index contributed by atoms with van der Waals surface area (Å²) in [6, 6.07) is 18.2. The van der Waals surface area contributed by atoms with Gasteiger partial charge in [-0.15, -0.1) is 0 Å². The monoisotopic (exact) mass is 946 g/mol. The maximum absolute atomic E-state index is 12.4. The highest BCUT2D eigenvalue weighted by Crippen LogP contribution is 2.44. The SMILES string of the molecule is CN1C(=O)C(C)(C)c2ccc(NC(=O)c3nccn3C)cc21.Cc1cc(C(=O)Nc2ccc3c(c2)N(C)C(=O)C3(C)C)nc(C)n1.Cc1ncc(C(=O)Nc2ccc3c(c2)N(C)C(=O)C3(C)C)c(C)n1. The molecule has 9 rings (SSSR count). The van der Waals surface area contributed by atoms with Gasteiger partial charge >= 0.3 is 0 Å². The lowest BCUT2D eigenvalue weighted by molar-refractivity contribution is -0.122. The van der Waals surface area contributed by atoms with Crippen molar-refractivity contribution in [3.05, 3.63) is 136 Å². The minimum absolute atomic E-state index is 0.0445. The van der Waals surface area contributed by atoms with E-state index in [2.05, 4.69) is 40.9 Å². The number of nitrogens with one attached hydrogen (secondary N) is 3. The average molecular weight is 947 g/mol. The van der Waals surface area contributed by atoms with Gasteiger partial charge in [-0.05, 0) is 128 Å². The maximum Gasteiger partial charge on any atom is 0.291 e. The van der Waals surface area contributed by atoms with Gasteiger partial charge in [-0.3, -0.25) is 28.8 Å². The Morgan fingerprint density at radius 1 is 0.514 bits per heavy atom. The molecule has 6 heterocycles. The fraction of sp³-hybridized carbons (Fsp3) is 0.327. The Balaban J connectivity index is 0.000000155. The third-order valence-electron chi connectivity index (χ3n) is 13.0. The number of benzene rings is 3. The van der Waals surface area contributed by atoms with E-state index >= 15 is 0 Å². The zero-order chi connectivity index (χ0) is 51.4. The van der Waals surface area contributed by atoms with Gasteiger partial charge in [-0.2, -0.15) is 0 Å². The molecule has 3 aliphatic rings. The van der Waals surface area contributed by atoms with Crippen molar-refractivity contribution in [1.82, 2.24) is 29.5 Å². The second-order valence-corrected chi connectivity index (χ2v) is 19.2. The topological polar surface area (TPSA) is 218 Å². The van der Waals surface area contributed by atoms with Gasteiger partial charge in [0.15, 0.2) is 5.82 Å². The lowest BCUT2D eigenvalue weighted by Crippen LogP contribution is -2.33. The third-order valence-corrected chi connectivity index (χ3v) is 13.0. The molecule has 0 unspecified atom stereocenters. The van der Waals surface area contributed by atoms with E-state index in [9.17, 15) is 28.8 Å². The van der Waals surface area contributed by atoms with Crippen LogP contribution >= 0.6 is 0 Å². The second kappa shape index (κ2) is 18.4. The first-order valence-electron chi connectivity index (χ1n) is 22.6. The largest absolute Gasteiger partial charge is 0.330 e. The molecule has 0 bridgehead atoms. The lowest BCUT2D eigenvalue weighted by Gasteiger charge is -2.16. The van der Waals surface area contributed by atoms with Crippen LogP contribution in [0.2, 0.25) is 0 Å². The van der Waals surface area contributed by atoms with Crippen LogP contribution in [-0.4, -0.2) is 86.1 Å². The number of aromatic nitrogens is 6. The summed E-state index contributed by atoms with van der Waals surface area (Å²) in [5, 5.41) is 8.51. The predicted molar refractivity (Wildman–Crippen MR) is 269 cm³/mol. The van der Waals surface area contributed by atoms with Crippen LogP contribution in [0.5, 0.6) is 0 Å². The molecular formula is C52H58N12O6. The summed E-state index contributed by atoms with van der Waals surface area (Å²) < 4.78 is 1.65. The summed E-state index contributed by atoms with van der Waals surface area (Å²) in [7, 11) is 7.01. The molecule has 0 saturated carbocycles. The second-order valence-electron chi connectivity index (χ2n) is 19.2. The minimum atomic E-state index is -0.548. The Bertz CT molecular complexity index is 3130. The lowest BCUT2D eigenvalue weighted by atomic mass is 9.86. The van der Waals surface area contributed by atoms with E-state index in [1.165, 1.54) is 6.20 Å². The van der Waals surface area contributed by atoms with Gasteiger partial charge in [0.25, 0.3) is 17.7 Å². The van der Waals surface area contributed by atoms with E-state index in [-0.39, 0.29) is 35.4 Å². The number of rotatable bonds is 6. The van der Waals surface area contributed by atoms with Gasteiger partial charge in [-0.25, -0.2) is 24.9 Å². The summed E-state index contributed by atoms with van der Waals surface area (Å²) in [5.74, 6) is 0.824. The Kier molecular flexibility index (Phi) is 13.1. The molecule has 0 aliphatic carbocycles. The molecule has 18 heteroatoms. The van der Waals surface area contributed by atoms with Crippen molar-refractivity contribution in [3.63, 3.8) is 0 Å². The molecule has 362 valence electrons. The van der Waals surface area contributed by atoms with Crippen LogP contribution in [0.4, 0.5) is 34.1 Å². The molecule has 70 heavy (non-hydrogen) atoms. The van der Waals surface area contributed by atoms with Crippen molar-refractivity contribution in [2.45, 2.75) is 85.5 Å². The number of fused-ring (bicyclic) bond motifs is 3. The molecule has 6 amide bonds. The number of hydrogen-bond donors (Lipinski definition) is 3. The quantitative estimate of drug-likeness (QED) is 0.153. The number of amides is 6. The number of imidazole rings is 1. The minimum Gasteiger partial charge on any atom is -0.330 e. The van der Waals surface area contributed by atoms with Crippen molar-refractivity contribution in [3.8, 4) is 0 Å². The highest BCUT2D eigenvalue weighted by atomic mass is 16.2. The van der Waals surface area contributed by atoms with Crippen molar-refractivity contribution >= 4 is 69.6 Å². The van der Waals surface area contributed by atoms with E-state index < -0.39 is 16.2 Å². The number of anilines is 6. The van der Waals surface area contributed by atoms with Crippen LogP contribution in [0.15, 0.2) is 79.3 Å². The fourth-order valence-corrected chi connectivity index (χ4v) is 8.98. The highest BCUT2D eigenvalue weighted by Gasteiger charge is 2.44. The molecular weight excluding hydrogens is 889 g/mol. The van der Waals surface area contributed by atoms with E-state index in [1.807, 2.05) is 103 Å². The number of carbonyl (C=O) groups excluding carboxylic acids is 6. The van der Waals surface area contributed by atoms with Gasteiger partial charge in [0.2, 0.25) is 17.7 Å². The van der Waals surface area contributed by atoms with Crippen LogP contribution in [0.3, 0.4) is 0 Å². The van der Waals surface area contributed by atoms with Gasteiger partial charge in [0.05, 0.1) is 27.5 Å². The third kappa shape index (κ3) is 9.23. The molecule has 0 atom stereocenters. The Morgan fingerprint density at radius 2 is 0.943 bits per heavy atom. The first-order valence-corrected chi connectivity index (χ1v) is 22.6. The van der Waals surface area contributed by atoms with Crippen molar-refractivity contribution < 1.29 is 28.8 Å². The van der Waals surface area contributed by atoms with Crippen molar-refractivity contribution in [1.29, 1.82) is 0 Å². The van der Waals surface area contributed by atoms with Crippen LogP contribution in [0, 0.1) is 27.7 Å². The van der Waals surface area contributed by atoms with Crippen molar-refractivity contribution in [2.75, 3.05) is 51.8 Å². The highest BCUT2D eigenvalue weighted by molar-refractivity contribution is 6.11. The summed E-state index contributed by atoms with van der Waals surface area (Å²) >= 11 is 0. The number of likely N-dealkylation sites (N-methyl/N-ethyl adjacent to an activating group) is 3. The number of nitrogens with zero attached hydrogens (tertiary/aromatic N) is 9. The van der Waals surface area contributed by atoms with E-state index in [4.69, 9.17) is 0 Å². The van der Waals surface area contributed by atoms with Gasteiger partial charge in [0.1, 0.15) is 17.3 Å². The predicted octanol–water partition coefficient (Wildman–Crippen LogP) is 7.13. The Morgan fingerprint density at radius 3 is 1.34 bits per heavy atom. The summed E-state index contributed by atoms with van der Waals surface area (Å²) in [5.41, 5.74) is 7.77. The van der Waals surface area contributed by atoms with Crippen LogP contribution in [-0.2, 0) is 37.7 Å². The molecule has 0 radical (unpaired) electrons. The van der Waals surface area contributed by atoms with E-state index in [0.717, 1.165) is 39.4 Å². The number of aryl methyl sites for hydroxylation is 5. The van der Waals surface area contributed by atoms with Crippen LogP contribution < -0.4 is 30.7 Å². The van der Waals surface area contributed by atoms with Crippen LogP contribution in [0.25, 0.3) is 0 Å². The molecule has 0 spiro atoms. The van der Waals surface area contributed by atoms with Gasteiger partial charge in [-0.1, -0.05) is 18.2 Å². The first-order chi connectivity index (χ1) is 32.7. The first kappa shape index (κ1) is 49.7. The molecule has 3 aromatic heterocycles. The average Bonchev–Trinajstić information content (AvgIpc) is 3.91. The molecule has 18 nitrogen and oxygen atoms in total. The Labute approximate surface area is 407 Å². The molecule has 0 fully saturated rings. The smallest absolute Gasteiger partial charge is 0.291 e. The number of carbonyl (C=O) groups is 6. The van der Waals surface area contributed by atoms with Crippen molar-refractivity contribution in [2.24, 2.45) is 7.05 Å². The number of hydrogen-bond acceptors (Lipinski definition) is 11. The molecule has 0 saturated heterocycles. The normalized spacial score (nSPS) is 15.5. The van der Waals surface area contributed by atoms with E-state index in [1.54, 1.807) is 86.7 Å². The molecule has 6 aromatic rings. The van der Waals surface area contributed by atoms with Crippen LogP contribution in [0.1, 0.15) is 113 Å². The van der Waals surface area contributed by atoms with E-state index in [0.29, 0.717) is 51.5 Å². The summed E-state index contributed by atoms with van der Waals surface area (Å²) in [6.45, 7) is 18.6. The molecule has 3 aliphatic heterocycles. The maximum atomic E-state index is 12.4. The molecule has 3 aromatic carbocycles.